The molecule has 0 aromatic carbocycles. The SMILES string of the molecule is CS[C@@H]1NCCC1F. The van der Waals surface area contributed by atoms with Crippen LogP contribution >= 0.6 is 11.8 Å². The van der Waals surface area contributed by atoms with Gasteiger partial charge >= 0.3 is 0 Å². The number of rotatable bonds is 1. The van der Waals surface area contributed by atoms with Gasteiger partial charge in [0.2, 0.25) is 0 Å². The maximum atomic E-state index is 12.5. The molecule has 1 unspecified atom stereocenters. The molecule has 1 saturated heterocycles. The molecule has 48 valence electrons. The lowest BCUT2D eigenvalue weighted by Gasteiger charge is -2.07. The second kappa shape index (κ2) is 2.69. The van der Waals surface area contributed by atoms with Gasteiger partial charge in [-0.2, -0.15) is 0 Å². The normalized spacial score (nSPS) is 38.2. The van der Waals surface area contributed by atoms with Gasteiger partial charge in [0.25, 0.3) is 0 Å². The highest BCUT2D eigenvalue weighted by Crippen LogP contribution is 2.18. The zero-order valence-electron chi connectivity index (χ0n) is 4.86. The van der Waals surface area contributed by atoms with Gasteiger partial charge in [-0.25, -0.2) is 4.39 Å². The summed E-state index contributed by atoms with van der Waals surface area (Å²) in [6.07, 6.45) is 1.99. The van der Waals surface area contributed by atoms with E-state index >= 15 is 0 Å². The highest BCUT2D eigenvalue weighted by Gasteiger charge is 2.24. The second-order valence-corrected chi connectivity index (χ2v) is 2.89. The molecule has 0 amide bonds. The number of hydrogen-bond donors (Lipinski definition) is 1. The molecule has 1 aliphatic heterocycles. The minimum absolute atomic E-state index is 0.0648. The first-order valence-electron chi connectivity index (χ1n) is 2.75. The molecule has 1 N–H and O–H groups in total. The van der Waals surface area contributed by atoms with Crippen LogP contribution in [0.1, 0.15) is 6.42 Å². The van der Waals surface area contributed by atoms with Crippen LogP contribution in [-0.4, -0.2) is 24.3 Å². The molecule has 0 saturated carbocycles. The number of halogens is 1. The summed E-state index contributed by atoms with van der Waals surface area (Å²) in [7, 11) is 0. The van der Waals surface area contributed by atoms with Crippen LogP contribution in [0.2, 0.25) is 0 Å². The highest BCUT2D eigenvalue weighted by atomic mass is 32.2. The topological polar surface area (TPSA) is 12.0 Å². The van der Waals surface area contributed by atoms with Crippen molar-refractivity contribution in [1.82, 2.24) is 5.32 Å². The van der Waals surface area contributed by atoms with E-state index in [1.54, 1.807) is 11.8 Å². The molecule has 8 heavy (non-hydrogen) atoms. The Morgan fingerprint density at radius 3 is 2.75 bits per heavy atom. The summed E-state index contributed by atoms with van der Waals surface area (Å²) in [5, 5.41) is 3.11. The monoisotopic (exact) mass is 135 g/mol. The summed E-state index contributed by atoms with van der Waals surface area (Å²) in [6, 6.07) is 0. The Balaban J connectivity index is 2.30. The van der Waals surface area contributed by atoms with Crippen molar-refractivity contribution in [3.05, 3.63) is 0 Å². The lowest BCUT2D eigenvalue weighted by molar-refractivity contribution is 0.347. The summed E-state index contributed by atoms with van der Waals surface area (Å²) >= 11 is 1.55. The molecule has 0 bridgehead atoms. The van der Waals surface area contributed by atoms with E-state index in [2.05, 4.69) is 5.32 Å². The summed E-state index contributed by atoms with van der Waals surface area (Å²) in [6.45, 7) is 0.840. The fourth-order valence-corrected chi connectivity index (χ4v) is 1.59. The molecule has 3 heteroatoms. The molecule has 1 rings (SSSR count). The Kier molecular flexibility index (Phi) is 2.14. The van der Waals surface area contributed by atoms with E-state index in [4.69, 9.17) is 0 Å². The van der Waals surface area contributed by atoms with Crippen LogP contribution in [0.15, 0.2) is 0 Å². The Hall–Kier alpha value is 0.240. The van der Waals surface area contributed by atoms with Gasteiger partial charge in [-0.1, -0.05) is 0 Å². The van der Waals surface area contributed by atoms with Gasteiger partial charge in [-0.15, -0.1) is 11.8 Å². The lowest BCUT2D eigenvalue weighted by Crippen LogP contribution is -2.23. The number of hydrogen-bond acceptors (Lipinski definition) is 2. The van der Waals surface area contributed by atoms with Gasteiger partial charge in [-0.3, -0.25) is 0 Å². The molecular formula is C5H10FNS. The van der Waals surface area contributed by atoms with E-state index in [0.29, 0.717) is 6.42 Å². The van der Waals surface area contributed by atoms with Crippen LogP contribution in [0.3, 0.4) is 0 Å². The molecule has 0 aromatic heterocycles. The standard InChI is InChI=1S/C5H10FNS/c1-8-5-4(6)2-3-7-5/h4-5,7H,2-3H2,1H3/t4?,5-/m0/s1. The maximum absolute atomic E-state index is 12.5. The Morgan fingerprint density at radius 2 is 2.50 bits per heavy atom. The zero-order valence-corrected chi connectivity index (χ0v) is 5.67. The third-order valence-electron chi connectivity index (χ3n) is 1.35. The smallest absolute Gasteiger partial charge is 0.126 e. The summed E-state index contributed by atoms with van der Waals surface area (Å²) < 4.78 is 12.5. The molecule has 1 nitrogen and oxygen atoms in total. The average molecular weight is 135 g/mol. The Morgan fingerprint density at radius 1 is 1.75 bits per heavy atom. The van der Waals surface area contributed by atoms with E-state index in [9.17, 15) is 4.39 Å². The number of nitrogens with one attached hydrogen (secondary N) is 1. The first kappa shape index (κ1) is 6.36. The molecular weight excluding hydrogens is 125 g/mol. The fourth-order valence-electron chi connectivity index (χ4n) is 0.874. The van der Waals surface area contributed by atoms with Crippen molar-refractivity contribution in [1.29, 1.82) is 0 Å². The molecule has 1 aliphatic rings. The quantitative estimate of drug-likeness (QED) is 0.576. The van der Waals surface area contributed by atoms with E-state index < -0.39 is 6.17 Å². The van der Waals surface area contributed by atoms with Gasteiger partial charge in [0.05, 0.1) is 5.37 Å². The van der Waals surface area contributed by atoms with Crippen molar-refractivity contribution in [2.24, 2.45) is 0 Å². The van der Waals surface area contributed by atoms with E-state index in [1.807, 2.05) is 6.26 Å². The predicted molar refractivity (Wildman–Crippen MR) is 34.8 cm³/mol. The van der Waals surface area contributed by atoms with Gasteiger partial charge in [0, 0.05) is 0 Å². The third kappa shape index (κ3) is 1.14. The number of thioether (sulfide) groups is 1. The van der Waals surface area contributed by atoms with E-state index in [1.165, 1.54) is 0 Å². The van der Waals surface area contributed by atoms with Crippen molar-refractivity contribution in [2.75, 3.05) is 12.8 Å². The minimum atomic E-state index is -0.620. The van der Waals surface area contributed by atoms with Gasteiger partial charge in [0.15, 0.2) is 0 Å². The van der Waals surface area contributed by atoms with Crippen molar-refractivity contribution in [3.8, 4) is 0 Å². The van der Waals surface area contributed by atoms with Crippen LogP contribution in [-0.2, 0) is 0 Å². The summed E-state index contributed by atoms with van der Waals surface area (Å²) in [5.74, 6) is 0. The molecule has 1 heterocycles. The van der Waals surface area contributed by atoms with Gasteiger partial charge in [-0.05, 0) is 19.2 Å². The predicted octanol–water partition coefficient (Wildman–Crippen LogP) is 1.01. The lowest BCUT2D eigenvalue weighted by atomic mass is 10.3. The fraction of sp³-hybridized carbons (Fsp3) is 1.00. The van der Waals surface area contributed by atoms with Gasteiger partial charge in [0.1, 0.15) is 6.17 Å². The molecule has 0 radical (unpaired) electrons. The van der Waals surface area contributed by atoms with E-state index in [0.717, 1.165) is 6.54 Å². The van der Waals surface area contributed by atoms with Crippen molar-refractivity contribution >= 4 is 11.8 Å². The highest BCUT2D eigenvalue weighted by molar-refractivity contribution is 7.99. The first-order valence-corrected chi connectivity index (χ1v) is 4.03. The average Bonchev–Trinajstić information content (AvgIpc) is 2.14. The van der Waals surface area contributed by atoms with Gasteiger partial charge < -0.3 is 5.32 Å². The Labute approximate surface area is 53.0 Å². The third-order valence-corrected chi connectivity index (χ3v) is 2.32. The van der Waals surface area contributed by atoms with Crippen LogP contribution in [0.25, 0.3) is 0 Å². The number of alkyl halides is 1. The second-order valence-electron chi connectivity index (χ2n) is 1.92. The molecule has 1 fully saturated rings. The van der Waals surface area contributed by atoms with Crippen molar-refractivity contribution in [3.63, 3.8) is 0 Å². The van der Waals surface area contributed by atoms with Crippen LogP contribution in [0, 0.1) is 0 Å². The molecule has 2 atom stereocenters. The summed E-state index contributed by atoms with van der Waals surface area (Å²) in [5.41, 5.74) is 0. The van der Waals surface area contributed by atoms with Crippen LogP contribution < -0.4 is 5.32 Å². The molecule has 0 aliphatic carbocycles. The van der Waals surface area contributed by atoms with Crippen molar-refractivity contribution < 1.29 is 4.39 Å². The van der Waals surface area contributed by atoms with Crippen molar-refractivity contribution in [2.45, 2.75) is 18.0 Å². The zero-order chi connectivity index (χ0) is 5.98. The summed E-state index contributed by atoms with van der Waals surface area (Å²) in [4.78, 5) is 0. The minimum Gasteiger partial charge on any atom is -0.303 e. The first-order chi connectivity index (χ1) is 3.84. The maximum Gasteiger partial charge on any atom is 0.126 e. The van der Waals surface area contributed by atoms with Crippen LogP contribution in [0.5, 0.6) is 0 Å². The largest absolute Gasteiger partial charge is 0.303 e. The Bertz CT molecular complexity index is 78.8. The van der Waals surface area contributed by atoms with Crippen LogP contribution in [0.4, 0.5) is 4.39 Å². The van der Waals surface area contributed by atoms with E-state index in [-0.39, 0.29) is 5.37 Å². The molecule has 0 spiro atoms. The molecule has 0 aromatic rings.